The fourth-order valence-corrected chi connectivity index (χ4v) is 3.21. The molecule has 0 atom stereocenters. The Hall–Kier alpha value is -2.27. The Morgan fingerprint density at radius 1 is 0.955 bits per heavy atom. The number of carboxylic acids is 1. The lowest BCUT2D eigenvalue weighted by Gasteiger charge is -2.17. The molecule has 0 aromatic heterocycles. The van der Waals surface area contributed by atoms with Crippen molar-refractivity contribution >= 4 is 23.6 Å². The summed E-state index contributed by atoms with van der Waals surface area (Å²) < 4.78 is 0. The van der Waals surface area contributed by atoms with Crippen LogP contribution in [0.3, 0.4) is 0 Å². The maximum atomic E-state index is 11.0. The molecule has 22 heavy (non-hydrogen) atoms. The number of thioether (sulfide) groups is 1. The average molecular weight is 315 g/mol. The first-order chi connectivity index (χ1) is 10.7. The molecule has 0 heterocycles. The molecule has 0 radical (unpaired) electrons. The molecule has 0 fully saturated rings. The first-order valence-corrected chi connectivity index (χ1v) is 7.96. The van der Waals surface area contributed by atoms with Gasteiger partial charge in [0.1, 0.15) is 0 Å². The maximum absolute atomic E-state index is 11.0. The normalized spacial score (nSPS) is 10.4. The highest BCUT2D eigenvalue weighted by molar-refractivity contribution is 7.99. The third kappa shape index (κ3) is 4.63. The van der Waals surface area contributed by atoms with Crippen molar-refractivity contribution in [1.82, 2.24) is 5.32 Å². The van der Waals surface area contributed by atoms with Gasteiger partial charge in [0.15, 0.2) is 0 Å². The van der Waals surface area contributed by atoms with Gasteiger partial charge in [-0.3, -0.25) is 4.79 Å². The first kappa shape index (κ1) is 16.1. The van der Waals surface area contributed by atoms with Gasteiger partial charge in [0.2, 0.25) is 0 Å². The van der Waals surface area contributed by atoms with Gasteiger partial charge in [0.25, 0.3) is 0 Å². The van der Waals surface area contributed by atoms with E-state index in [0.29, 0.717) is 12.3 Å². The smallest absolute Gasteiger partial charge is 0.394 e. The van der Waals surface area contributed by atoms with Crippen molar-refractivity contribution in [3.63, 3.8) is 0 Å². The molecule has 0 saturated carbocycles. The summed E-state index contributed by atoms with van der Waals surface area (Å²) in [5, 5.41) is 11.1. The zero-order valence-corrected chi connectivity index (χ0v) is 12.8. The predicted octanol–water partition coefficient (Wildman–Crippen LogP) is 2.71. The Kier molecular flexibility index (Phi) is 6.03. The van der Waals surface area contributed by atoms with Crippen LogP contribution in [0.2, 0.25) is 0 Å². The standard InChI is InChI=1S/C17H17NO3S/c19-16(17(20)21)18-11-12-22-15(13-7-3-1-4-8-13)14-9-5-2-6-10-14/h1-10,15H,11-12H2,(H,18,19)(H,20,21). The number of amides is 1. The van der Waals surface area contributed by atoms with Crippen LogP contribution in [0.4, 0.5) is 0 Å². The van der Waals surface area contributed by atoms with Crippen LogP contribution in [0.15, 0.2) is 60.7 Å². The zero-order chi connectivity index (χ0) is 15.8. The molecule has 0 spiro atoms. The molecular formula is C17H17NO3S. The van der Waals surface area contributed by atoms with E-state index in [0.717, 1.165) is 0 Å². The molecule has 1 amide bonds. The molecular weight excluding hydrogens is 298 g/mol. The Bertz CT molecular complexity index is 577. The molecule has 5 heteroatoms. The molecule has 2 aromatic rings. The van der Waals surface area contributed by atoms with Crippen LogP contribution in [0, 0.1) is 0 Å². The van der Waals surface area contributed by atoms with E-state index in [-0.39, 0.29) is 5.25 Å². The third-order valence-corrected chi connectivity index (χ3v) is 4.39. The number of hydrogen-bond acceptors (Lipinski definition) is 3. The number of hydrogen-bond donors (Lipinski definition) is 2. The number of carboxylic acid groups (broad SMARTS) is 1. The summed E-state index contributed by atoms with van der Waals surface area (Å²) in [6.45, 7) is 0.325. The molecule has 2 aromatic carbocycles. The number of nitrogens with one attached hydrogen (secondary N) is 1. The summed E-state index contributed by atoms with van der Waals surface area (Å²) in [5.74, 6) is -1.78. The van der Waals surface area contributed by atoms with Crippen LogP contribution in [0.1, 0.15) is 16.4 Å². The van der Waals surface area contributed by atoms with Crippen molar-refractivity contribution in [2.45, 2.75) is 5.25 Å². The fraction of sp³-hybridized carbons (Fsp3) is 0.176. The highest BCUT2D eigenvalue weighted by atomic mass is 32.2. The number of carbonyl (C=O) groups is 2. The van der Waals surface area contributed by atoms with E-state index in [2.05, 4.69) is 29.6 Å². The molecule has 0 aliphatic heterocycles. The van der Waals surface area contributed by atoms with E-state index in [1.54, 1.807) is 11.8 Å². The molecule has 0 aliphatic carbocycles. The zero-order valence-electron chi connectivity index (χ0n) is 11.9. The number of benzene rings is 2. The highest BCUT2D eigenvalue weighted by Gasteiger charge is 2.15. The second-order valence-electron chi connectivity index (χ2n) is 4.63. The molecule has 2 N–H and O–H groups in total. The van der Waals surface area contributed by atoms with Gasteiger partial charge in [-0.15, -0.1) is 11.8 Å². The minimum Gasteiger partial charge on any atom is -0.474 e. The lowest BCUT2D eigenvalue weighted by molar-refractivity contribution is -0.150. The van der Waals surface area contributed by atoms with E-state index < -0.39 is 11.9 Å². The van der Waals surface area contributed by atoms with Crippen LogP contribution in [-0.4, -0.2) is 29.3 Å². The lowest BCUT2D eigenvalue weighted by atomic mass is 10.0. The summed E-state index contributed by atoms with van der Waals surface area (Å²) >= 11 is 1.67. The molecule has 0 bridgehead atoms. The van der Waals surface area contributed by atoms with Crippen LogP contribution >= 0.6 is 11.8 Å². The minimum absolute atomic E-state index is 0.157. The van der Waals surface area contributed by atoms with Crippen molar-refractivity contribution in [2.75, 3.05) is 12.3 Å². The summed E-state index contributed by atoms with van der Waals surface area (Å²) in [5.41, 5.74) is 2.37. The SMILES string of the molecule is O=C(O)C(=O)NCCSC(c1ccccc1)c1ccccc1. The van der Waals surface area contributed by atoms with Gasteiger partial charge in [-0.1, -0.05) is 60.7 Å². The number of carbonyl (C=O) groups excluding carboxylic acids is 1. The molecule has 2 rings (SSSR count). The van der Waals surface area contributed by atoms with Crippen molar-refractivity contribution in [3.05, 3.63) is 71.8 Å². The predicted molar refractivity (Wildman–Crippen MR) is 87.8 cm³/mol. The Morgan fingerprint density at radius 2 is 1.45 bits per heavy atom. The minimum atomic E-state index is -1.45. The first-order valence-electron chi connectivity index (χ1n) is 6.91. The van der Waals surface area contributed by atoms with Gasteiger partial charge in [-0.25, -0.2) is 4.79 Å². The van der Waals surface area contributed by atoms with E-state index in [1.807, 2.05) is 36.4 Å². The van der Waals surface area contributed by atoms with E-state index in [9.17, 15) is 9.59 Å². The second kappa shape index (κ2) is 8.24. The molecule has 0 saturated heterocycles. The van der Waals surface area contributed by atoms with Crippen LogP contribution in [-0.2, 0) is 9.59 Å². The van der Waals surface area contributed by atoms with Gasteiger partial charge in [-0.2, -0.15) is 0 Å². The fourth-order valence-electron chi connectivity index (χ4n) is 2.06. The van der Waals surface area contributed by atoms with E-state index >= 15 is 0 Å². The van der Waals surface area contributed by atoms with Crippen molar-refractivity contribution in [3.8, 4) is 0 Å². The Morgan fingerprint density at radius 3 is 1.91 bits per heavy atom. The summed E-state index contributed by atoms with van der Waals surface area (Å²) in [6.07, 6.45) is 0. The van der Waals surface area contributed by atoms with Crippen LogP contribution in [0.25, 0.3) is 0 Å². The van der Waals surface area contributed by atoms with Gasteiger partial charge < -0.3 is 10.4 Å². The molecule has 4 nitrogen and oxygen atoms in total. The van der Waals surface area contributed by atoms with Gasteiger partial charge in [-0.05, 0) is 11.1 Å². The third-order valence-electron chi connectivity index (χ3n) is 3.07. The highest BCUT2D eigenvalue weighted by Crippen LogP contribution is 2.34. The summed E-state index contributed by atoms with van der Waals surface area (Å²) in [4.78, 5) is 21.5. The second-order valence-corrected chi connectivity index (χ2v) is 5.85. The van der Waals surface area contributed by atoms with Crippen molar-refractivity contribution < 1.29 is 14.7 Å². The molecule has 0 aliphatic rings. The quantitative estimate of drug-likeness (QED) is 0.635. The average Bonchev–Trinajstić information content (AvgIpc) is 2.56. The van der Waals surface area contributed by atoms with E-state index in [1.165, 1.54) is 11.1 Å². The van der Waals surface area contributed by atoms with Gasteiger partial charge in [0, 0.05) is 12.3 Å². The number of rotatable bonds is 6. The van der Waals surface area contributed by atoms with Crippen molar-refractivity contribution in [2.24, 2.45) is 0 Å². The molecule has 114 valence electrons. The van der Waals surface area contributed by atoms with Gasteiger partial charge in [0.05, 0.1) is 5.25 Å². The van der Waals surface area contributed by atoms with Crippen molar-refractivity contribution in [1.29, 1.82) is 0 Å². The number of aliphatic carboxylic acids is 1. The van der Waals surface area contributed by atoms with Crippen LogP contribution in [0.5, 0.6) is 0 Å². The molecule has 0 unspecified atom stereocenters. The monoisotopic (exact) mass is 315 g/mol. The Labute approximate surface area is 133 Å². The lowest BCUT2D eigenvalue weighted by Crippen LogP contribution is -2.32. The maximum Gasteiger partial charge on any atom is 0.394 e. The van der Waals surface area contributed by atoms with Gasteiger partial charge >= 0.3 is 11.9 Å². The summed E-state index contributed by atoms with van der Waals surface area (Å²) in [6, 6.07) is 20.2. The Balaban J connectivity index is 2.01. The largest absolute Gasteiger partial charge is 0.474 e. The summed E-state index contributed by atoms with van der Waals surface area (Å²) in [7, 11) is 0. The topological polar surface area (TPSA) is 66.4 Å². The van der Waals surface area contributed by atoms with Crippen LogP contribution < -0.4 is 5.32 Å². The van der Waals surface area contributed by atoms with E-state index in [4.69, 9.17) is 5.11 Å².